The third kappa shape index (κ3) is 9.41. The number of carbonyl (C=O) groups excluding carboxylic acids is 5. The van der Waals surface area contributed by atoms with E-state index in [1.165, 1.54) is 22.3 Å². The molecule has 1 atom stereocenters. The molecule has 0 radical (unpaired) electrons. The number of pyridine rings is 1. The van der Waals surface area contributed by atoms with Gasteiger partial charge in [-0.25, -0.2) is 14.4 Å². The minimum atomic E-state index is -0.800. The van der Waals surface area contributed by atoms with Gasteiger partial charge >= 0.3 is 0 Å². The molecule has 4 heterocycles. The molecular weight excluding hydrogens is 777 g/mol. The highest BCUT2D eigenvalue weighted by Gasteiger charge is 2.43. The lowest BCUT2D eigenvalue weighted by atomic mass is 9.69. The minimum Gasteiger partial charge on any atom is -0.487 e. The van der Waals surface area contributed by atoms with Gasteiger partial charge in [-0.3, -0.25) is 29.3 Å². The van der Waals surface area contributed by atoms with E-state index in [1.807, 2.05) is 23.6 Å². The number of hydrogen-bond acceptors (Lipinski definition) is 11. The molecule has 298 valence electrons. The summed E-state index contributed by atoms with van der Waals surface area (Å²) in [5.74, 6) is -1.67. The highest BCUT2D eigenvalue weighted by molar-refractivity contribution is 7.13. The fourth-order valence-corrected chi connectivity index (χ4v) is 8.21. The number of nitrogens with one attached hydrogen (secondary N) is 4. The number of hydrogen-bond donors (Lipinski definition) is 4. The molecule has 2 aliphatic heterocycles. The van der Waals surface area contributed by atoms with Crippen molar-refractivity contribution in [3.05, 3.63) is 93.8 Å². The summed E-state index contributed by atoms with van der Waals surface area (Å²) in [5, 5.41) is 13.9. The van der Waals surface area contributed by atoms with Crippen molar-refractivity contribution in [1.82, 2.24) is 25.5 Å². The summed E-state index contributed by atoms with van der Waals surface area (Å²) in [4.78, 5) is 74.5. The van der Waals surface area contributed by atoms with E-state index in [2.05, 4.69) is 26.3 Å². The number of rotatable bonds is 15. The third-order valence-corrected chi connectivity index (χ3v) is 11.4. The Morgan fingerprint density at radius 2 is 1.86 bits per heavy atom. The fourth-order valence-electron chi connectivity index (χ4n) is 7.51. The lowest BCUT2D eigenvalue weighted by molar-refractivity contribution is -0.137. The molecule has 2 aromatic carbocycles. The van der Waals surface area contributed by atoms with Gasteiger partial charge in [0.2, 0.25) is 23.6 Å². The maximum atomic E-state index is 14.6. The molecule has 1 unspecified atom stereocenters. The molecule has 1 saturated heterocycles. The van der Waals surface area contributed by atoms with E-state index in [9.17, 15) is 28.4 Å². The van der Waals surface area contributed by atoms with E-state index in [4.69, 9.17) is 26.1 Å². The summed E-state index contributed by atoms with van der Waals surface area (Å²) in [7, 11) is 0. The lowest BCUT2D eigenvalue weighted by Crippen LogP contribution is -2.52. The van der Waals surface area contributed by atoms with Gasteiger partial charge < -0.3 is 30.3 Å². The van der Waals surface area contributed by atoms with E-state index in [-0.39, 0.29) is 67.2 Å². The Bertz CT molecular complexity index is 2150. The Morgan fingerprint density at radius 1 is 1.05 bits per heavy atom. The number of anilines is 3. The molecule has 2 fully saturated rings. The summed E-state index contributed by atoms with van der Waals surface area (Å²) < 4.78 is 26.3. The second-order valence-corrected chi connectivity index (χ2v) is 15.5. The molecule has 7 rings (SSSR count). The van der Waals surface area contributed by atoms with Gasteiger partial charge in [0.15, 0.2) is 16.7 Å². The Morgan fingerprint density at radius 3 is 2.65 bits per heavy atom. The lowest BCUT2D eigenvalue weighted by Gasteiger charge is -2.39. The molecule has 1 aliphatic carbocycles. The van der Waals surface area contributed by atoms with Gasteiger partial charge in [0, 0.05) is 66.6 Å². The summed E-state index contributed by atoms with van der Waals surface area (Å²) in [5.41, 5.74) is 1.36. The number of imide groups is 1. The van der Waals surface area contributed by atoms with E-state index in [0.29, 0.717) is 72.8 Å². The number of thiazole rings is 1. The summed E-state index contributed by atoms with van der Waals surface area (Å²) in [6.45, 7) is 0.373. The number of amides is 5. The maximum Gasteiger partial charge on any atom is 0.255 e. The predicted molar refractivity (Wildman–Crippen MR) is 210 cm³/mol. The number of nitrogens with zero attached hydrogens (tertiary/aromatic N) is 3. The number of benzene rings is 2. The Balaban J connectivity index is 0.912. The van der Waals surface area contributed by atoms with E-state index in [1.54, 1.807) is 36.5 Å². The maximum absolute atomic E-state index is 14.6. The first kappa shape index (κ1) is 39.8. The van der Waals surface area contributed by atoms with Crippen LogP contribution in [0.25, 0.3) is 0 Å². The van der Waals surface area contributed by atoms with Crippen molar-refractivity contribution < 1.29 is 37.8 Å². The first-order valence-electron chi connectivity index (χ1n) is 18.7. The normalized spacial score (nSPS) is 20.5. The van der Waals surface area contributed by atoms with E-state index < -0.39 is 29.1 Å². The smallest absolute Gasteiger partial charge is 0.255 e. The Hall–Kier alpha value is -5.45. The minimum absolute atomic E-state index is 0.0175. The van der Waals surface area contributed by atoms with Crippen LogP contribution in [0.15, 0.2) is 66.2 Å². The standard InChI is InChI=1S/C40H41ClFN7O7S/c41-28-7-3-9-31(35(28)42)56-25-13-15-40(16-14-25,21-24-5-1-10-32(45-24)47-39-44-18-20-57-39)38(54)43-17-4-19-55-23-34(51)46-29-8-2-6-26-27(29)22-49(37(26)53)30-11-12-33(50)48-36(30)52/h1-3,5-10,18,20,25,30H,4,11-17,19,21-23H2,(H,43,54)(H,46,51)(H,44,45,47)(H,48,50,52)/t25-,30?,40-. The molecule has 3 aliphatic rings. The molecule has 4 N–H and O–H groups in total. The van der Waals surface area contributed by atoms with Gasteiger partial charge in [0.1, 0.15) is 18.5 Å². The third-order valence-electron chi connectivity index (χ3n) is 10.4. The fraction of sp³-hybridized carbons (Fsp3) is 0.375. The molecule has 0 bridgehead atoms. The van der Waals surface area contributed by atoms with Crippen LogP contribution < -0.4 is 26.0 Å². The van der Waals surface area contributed by atoms with Crippen LogP contribution in [-0.4, -0.2) is 76.3 Å². The van der Waals surface area contributed by atoms with Crippen molar-refractivity contribution >= 4 is 69.1 Å². The number of aromatic nitrogens is 2. The van der Waals surface area contributed by atoms with Gasteiger partial charge in [-0.05, 0) is 74.9 Å². The summed E-state index contributed by atoms with van der Waals surface area (Å²) in [6, 6.07) is 14.5. The van der Waals surface area contributed by atoms with Crippen LogP contribution >= 0.6 is 22.9 Å². The number of piperidine rings is 1. The number of carbonyl (C=O) groups is 5. The van der Waals surface area contributed by atoms with Crippen LogP contribution in [0.1, 0.15) is 66.6 Å². The van der Waals surface area contributed by atoms with Gasteiger partial charge in [-0.1, -0.05) is 29.8 Å². The predicted octanol–water partition coefficient (Wildman–Crippen LogP) is 5.55. The van der Waals surface area contributed by atoms with Gasteiger partial charge in [0.25, 0.3) is 5.91 Å². The molecule has 0 spiro atoms. The average molecular weight is 818 g/mol. The first-order valence-corrected chi connectivity index (χ1v) is 20.0. The van der Waals surface area contributed by atoms with Crippen LogP contribution in [0.2, 0.25) is 5.02 Å². The molecule has 2 aromatic heterocycles. The second kappa shape index (κ2) is 17.8. The summed E-state index contributed by atoms with van der Waals surface area (Å²) in [6.07, 6.45) is 4.59. The largest absolute Gasteiger partial charge is 0.487 e. The van der Waals surface area contributed by atoms with Crippen molar-refractivity contribution in [2.45, 2.75) is 70.1 Å². The zero-order valence-electron chi connectivity index (χ0n) is 30.9. The molecule has 57 heavy (non-hydrogen) atoms. The van der Waals surface area contributed by atoms with Gasteiger partial charge in [0.05, 0.1) is 16.5 Å². The SMILES string of the molecule is O=C1CCC(N2Cc3c(NC(=O)COCCCNC(=O)[C@]4(Cc5cccc(Nc6nccs6)n5)CC[C@@H](Oc5cccc(Cl)c5F)CC4)cccc3C2=O)C(=O)N1. The molecule has 4 aromatic rings. The van der Waals surface area contributed by atoms with Crippen molar-refractivity contribution in [1.29, 1.82) is 0 Å². The second-order valence-electron chi connectivity index (χ2n) is 14.2. The van der Waals surface area contributed by atoms with Crippen molar-refractivity contribution in [3.63, 3.8) is 0 Å². The molecule has 5 amide bonds. The Labute approximate surface area is 336 Å². The zero-order chi connectivity index (χ0) is 39.9. The molecular formula is C40H41ClFN7O7S. The molecule has 17 heteroatoms. The van der Waals surface area contributed by atoms with Gasteiger partial charge in [-0.15, -0.1) is 11.3 Å². The quantitative estimate of drug-likeness (QED) is 0.0878. The van der Waals surface area contributed by atoms with Crippen molar-refractivity contribution in [2.75, 3.05) is 30.4 Å². The van der Waals surface area contributed by atoms with Gasteiger partial charge in [-0.2, -0.15) is 0 Å². The van der Waals surface area contributed by atoms with Crippen molar-refractivity contribution in [3.8, 4) is 5.75 Å². The molecule has 14 nitrogen and oxygen atoms in total. The Kier molecular flexibility index (Phi) is 12.4. The number of ether oxygens (including phenoxy) is 2. The number of fused-ring (bicyclic) bond motifs is 1. The monoisotopic (exact) mass is 817 g/mol. The van der Waals surface area contributed by atoms with Crippen LogP contribution in [0, 0.1) is 11.2 Å². The van der Waals surface area contributed by atoms with Crippen LogP contribution in [-0.2, 0) is 36.9 Å². The van der Waals surface area contributed by atoms with E-state index >= 15 is 0 Å². The molecule has 1 saturated carbocycles. The van der Waals surface area contributed by atoms with E-state index in [0.717, 1.165) is 5.69 Å². The first-order chi connectivity index (χ1) is 27.6. The van der Waals surface area contributed by atoms with Crippen LogP contribution in [0.5, 0.6) is 5.75 Å². The number of halogens is 2. The highest BCUT2D eigenvalue weighted by Crippen LogP contribution is 2.41. The zero-order valence-corrected chi connectivity index (χ0v) is 32.4. The average Bonchev–Trinajstić information content (AvgIpc) is 3.83. The topological polar surface area (TPSA) is 181 Å². The van der Waals surface area contributed by atoms with Crippen LogP contribution in [0.3, 0.4) is 0 Å². The van der Waals surface area contributed by atoms with Crippen LogP contribution in [0.4, 0.5) is 21.0 Å². The highest BCUT2D eigenvalue weighted by atomic mass is 35.5. The van der Waals surface area contributed by atoms with Crippen molar-refractivity contribution in [2.24, 2.45) is 5.41 Å². The summed E-state index contributed by atoms with van der Waals surface area (Å²) >= 11 is 7.42.